The summed E-state index contributed by atoms with van der Waals surface area (Å²) in [6.45, 7) is 3.99. The quantitative estimate of drug-likeness (QED) is 0.718. The number of aromatic nitrogens is 3. The van der Waals surface area contributed by atoms with E-state index < -0.39 is 0 Å². The Morgan fingerprint density at radius 2 is 1.93 bits per heavy atom. The third kappa shape index (κ3) is 4.06. The van der Waals surface area contributed by atoms with Gasteiger partial charge >= 0.3 is 0 Å². The van der Waals surface area contributed by atoms with E-state index in [1.54, 1.807) is 6.08 Å². The van der Waals surface area contributed by atoms with Crippen molar-refractivity contribution in [1.82, 2.24) is 15.1 Å². The maximum Gasteiger partial charge on any atom is 0.259 e. The van der Waals surface area contributed by atoms with E-state index in [2.05, 4.69) is 15.1 Å². The zero-order valence-electron chi connectivity index (χ0n) is 16.1. The van der Waals surface area contributed by atoms with Crippen LogP contribution in [0.15, 0.2) is 39.6 Å². The maximum atomic E-state index is 12.4. The van der Waals surface area contributed by atoms with Gasteiger partial charge in [0.05, 0.1) is 11.7 Å². The Morgan fingerprint density at radius 3 is 2.71 bits per heavy atom. The first kappa shape index (κ1) is 18.2. The maximum absolute atomic E-state index is 12.4. The van der Waals surface area contributed by atoms with Gasteiger partial charge in [0.1, 0.15) is 5.75 Å². The van der Waals surface area contributed by atoms with E-state index in [4.69, 9.17) is 9.26 Å². The van der Waals surface area contributed by atoms with Gasteiger partial charge in [0.15, 0.2) is 0 Å². The zero-order valence-corrected chi connectivity index (χ0v) is 16.1. The number of hydrogen-bond donors (Lipinski definition) is 1. The summed E-state index contributed by atoms with van der Waals surface area (Å²) >= 11 is 0. The summed E-state index contributed by atoms with van der Waals surface area (Å²) in [4.78, 5) is 19.7. The number of hydrogen-bond acceptors (Lipinski definition) is 5. The molecule has 0 fully saturated rings. The summed E-state index contributed by atoms with van der Waals surface area (Å²) in [5.74, 6) is 1.50. The Labute approximate surface area is 163 Å². The van der Waals surface area contributed by atoms with E-state index in [0.29, 0.717) is 17.3 Å². The lowest BCUT2D eigenvalue weighted by Gasteiger charge is -2.15. The van der Waals surface area contributed by atoms with Crippen LogP contribution >= 0.6 is 0 Å². The number of fused-ring (bicyclic) bond motifs is 1. The molecule has 1 aromatic carbocycles. The second kappa shape index (κ2) is 7.84. The number of nitrogens with one attached hydrogen (secondary N) is 1. The lowest BCUT2D eigenvalue weighted by Crippen LogP contribution is -2.17. The topological polar surface area (TPSA) is 81.0 Å². The molecule has 6 heteroatoms. The first-order valence-electron chi connectivity index (χ1n) is 9.62. The molecule has 0 saturated heterocycles. The first-order chi connectivity index (χ1) is 13.6. The number of pyridine rings is 1. The van der Waals surface area contributed by atoms with E-state index in [9.17, 15) is 4.79 Å². The normalized spacial score (nSPS) is 13.8. The van der Waals surface area contributed by atoms with Crippen LogP contribution in [0.3, 0.4) is 0 Å². The molecule has 4 rings (SSSR count). The predicted octanol–water partition coefficient (Wildman–Crippen LogP) is 4.26. The van der Waals surface area contributed by atoms with Crippen molar-refractivity contribution in [3.05, 3.63) is 63.4 Å². The SMILES string of the molecule is CC(C)Oc1ccc(/C=C/c2nc(-c3cc4c([nH]c3=O)CCCC4)no2)cc1. The molecule has 28 heavy (non-hydrogen) atoms. The van der Waals surface area contributed by atoms with Crippen molar-refractivity contribution in [2.75, 3.05) is 0 Å². The van der Waals surface area contributed by atoms with Crippen LogP contribution in [0.1, 0.15) is 49.4 Å². The van der Waals surface area contributed by atoms with Crippen molar-refractivity contribution in [3.8, 4) is 17.1 Å². The third-order valence-corrected chi connectivity index (χ3v) is 4.69. The van der Waals surface area contributed by atoms with Crippen molar-refractivity contribution in [2.45, 2.75) is 45.6 Å². The molecular weight excluding hydrogens is 354 g/mol. The van der Waals surface area contributed by atoms with Crippen LogP contribution < -0.4 is 10.3 Å². The third-order valence-electron chi connectivity index (χ3n) is 4.69. The molecule has 0 amide bonds. The lowest BCUT2D eigenvalue weighted by molar-refractivity contribution is 0.242. The summed E-state index contributed by atoms with van der Waals surface area (Å²) in [7, 11) is 0. The molecule has 6 nitrogen and oxygen atoms in total. The fourth-order valence-electron chi connectivity index (χ4n) is 3.35. The van der Waals surface area contributed by atoms with Crippen molar-refractivity contribution in [1.29, 1.82) is 0 Å². The van der Waals surface area contributed by atoms with E-state index in [0.717, 1.165) is 42.7 Å². The molecule has 2 heterocycles. The largest absolute Gasteiger partial charge is 0.491 e. The Hall–Kier alpha value is -3.15. The molecular formula is C22H23N3O3. The first-order valence-corrected chi connectivity index (χ1v) is 9.62. The van der Waals surface area contributed by atoms with Gasteiger partial charge in [-0.2, -0.15) is 4.98 Å². The molecule has 144 valence electrons. The summed E-state index contributed by atoms with van der Waals surface area (Å²) in [6.07, 6.45) is 7.91. The molecule has 0 radical (unpaired) electrons. The molecule has 1 N–H and O–H groups in total. The highest BCUT2D eigenvalue weighted by Gasteiger charge is 2.16. The van der Waals surface area contributed by atoms with Gasteiger partial charge in [0.25, 0.3) is 11.4 Å². The number of benzene rings is 1. The van der Waals surface area contributed by atoms with Crippen LogP contribution in [0.5, 0.6) is 5.75 Å². The van der Waals surface area contributed by atoms with Gasteiger partial charge in [-0.15, -0.1) is 0 Å². The van der Waals surface area contributed by atoms with E-state index in [1.807, 2.05) is 50.3 Å². The average molecular weight is 377 g/mol. The lowest BCUT2D eigenvalue weighted by atomic mass is 9.95. The second-order valence-corrected chi connectivity index (χ2v) is 7.25. The van der Waals surface area contributed by atoms with Crippen LogP contribution in [-0.4, -0.2) is 21.2 Å². The van der Waals surface area contributed by atoms with Crippen molar-refractivity contribution < 1.29 is 9.26 Å². The molecule has 0 unspecified atom stereocenters. The van der Waals surface area contributed by atoms with Gasteiger partial charge in [-0.3, -0.25) is 4.79 Å². The van der Waals surface area contributed by atoms with Gasteiger partial charge in [0.2, 0.25) is 5.82 Å². The highest BCUT2D eigenvalue weighted by Crippen LogP contribution is 2.22. The number of H-pyrrole nitrogens is 1. The van der Waals surface area contributed by atoms with Crippen LogP contribution in [0.2, 0.25) is 0 Å². The summed E-state index contributed by atoms with van der Waals surface area (Å²) in [5, 5.41) is 3.98. The predicted molar refractivity (Wildman–Crippen MR) is 108 cm³/mol. The van der Waals surface area contributed by atoms with Gasteiger partial charge in [-0.05, 0) is 74.9 Å². The van der Waals surface area contributed by atoms with Crippen LogP contribution in [0.4, 0.5) is 0 Å². The highest BCUT2D eigenvalue weighted by molar-refractivity contribution is 5.67. The molecule has 3 aromatic rings. The number of aromatic amines is 1. The molecule has 0 spiro atoms. The fraction of sp³-hybridized carbons (Fsp3) is 0.318. The minimum atomic E-state index is -0.169. The van der Waals surface area contributed by atoms with Crippen molar-refractivity contribution in [2.24, 2.45) is 0 Å². The second-order valence-electron chi connectivity index (χ2n) is 7.25. The van der Waals surface area contributed by atoms with Gasteiger partial charge in [0, 0.05) is 11.8 Å². The van der Waals surface area contributed by atoms with Gasteiger partial charge in [-0.25, -0.2) is 0 Å². The van der Waals surface area contributed by atoms with Crippen LogP contribution in [-0.2, 0) is 12.8 Å². The molecule has 1 aliphatic carbocycles. The van der Waals surface area contributed by atoms with E-state index in [-0.39, 0.29) is 11.7 Å². The van der Waals surface area contributed by atoms with E-state index in [1.165, 1.54) is 5.56 Å². The summed E-state index contributed by atoms with van der Waals surface area (Å²) in [5.41, 5.74) is 3.49. The molecule has 0 atom stereocenters. The Balaban J connectivity index is 1.52. The Morgan fingerprint density at radius 1 is 1.14 bits per heavy atom. The minimum absolute atomic E-state index is 0.143. The average Bonchev–Trinajstić information content (AvgIpc) is 3.15. The Bertz CT molecular complexity index is 1050. The fourth-order valence-corrected chi connectivity index (χ4v) is 3.35. The minimum Gasteiger partial charge on any atom is -0.491 e. The highest BCUT2D eigenvalue weighted by atomic mass is 16.5. The molecule has 0 aliphatic heterocycles. The monoisotopic (exact) mass is 377 g/mol. The number of nitrogens with zero attached hydrogens (tertiary/aromatic N) is 2. The van der Waals surface area contributed by atoms with Crippen molar-refractivity contribution >= 4 is 12.2 Å². The summed E-state index contributed by atoms with van der Waals surface area (Å²) in [6, 6.07) is 9.66. The smallest absolute Gasteiger partial charge is 0.259 e. The standard InChI is InChI=1S/C22H23N3O3/c1-14(2)27-17-10-7-15(8-11-17)9-12-20-24-21(25-28-20)18-13-16-5-3-4-6-19(16)23-22(18)26/h7-14H,3-6H2,1-2H3,(H,23,26)/b12-9+. The zero-order chi connectivity index (χ0) is 19.5. The molecule has 0 saturated carbocycles. The van der Waals surface area contributed by atoms with Gasteiger partial charge < -0.3 is 14.2 Å². The van der Waals surface area contributed by atoms with Crippen molar-refractivity contribution in [3.63, 3.8) is 0 Å². The molecule has 2 aromatic heterocycles. The number of rotatable bonds is 5. The number of aryl methyl sites for hydroxylation is 2. The molecule has 1 aliphatic rings. The Kier molecular flexibility index (Phi) is 5.10. The van der Waals surface area contributed by atoms with Crippen LogP contribution in [0, 0.1) is 0 Å². The van der Waals surface area contributed by atoms with Crippen LogP contribution in [0.25, 0.3) is 23.5 Å². The van der Waals surface area contributed by atoms with E-state index >= 15 is 0 Å². The summed E-state index contributed by atoms with van der Waals surface area (Å²) < 4.78 is 10.9. The van der Waals surface area contributed by atoms with Gasteiger partial charge in [-0.1, -0.05) is 17.3 Å². The molecule has 0 bridgehead atoms. The number of ether oxygens (including phenoxy) is 1.